The van der Waals surface area contributed by atoms with E-state index >= 15 is 0 Å². The van der Waals surface area contributed by atoms with Gasteiger partial charge in [0.05, 0.1) is 0 Å². The zero-order valence-corrected chi connectivity index (χ0v) is 8.92. The van der Waals surface area contributed by atoms with Gasteiger partial charge in [-0.25, -0.2) is 0 Å². The molecule has 1 saturated heterocycles. The lowest BCUT2D eigenvalue weighted by Gasteiger charge is -2.37. The van der Waals surface area contributed by atoms with Crippen LogP contribution < -0.4 is 5.32 Å². The molecule has 0 radical (unpaired) electrons. The van der Waals surface area contributed by atoms with Crippen molar-refractivity contribution in [2.45, 2.75) is 38.8 Å². The second kappa shape index (κ2) is 5.40. The first kappa shape index (κ1) is 10.7. The Balaban J connectivity index is 2.24. The van der Waals surface area contributed by atoms with Gasteiger partial charge in [-0.1, -0.05) is 6.08 Å². The summed E-state index contributed by atoms with van der Waals surface area (Å²) in [6.07, 6.45) is 4.40. The highest BCUT2D eigenvalue weighted by atomic mass is 15.2. The molecular weight excluding hydrogens is 160 g/mol. The van der Waals surface area contributed by atoms with E-state index in [-0.39, 0.29) is 0 Å². The topological polar surface area (TPSA) is 15.3 Å². The first-order chi connectivity index (χ1) is 6.24. The van der Waals surface area contributed by atoms with Crippen molar-refractivity contribution in [3.63, 3.8) is 0 Å². The van der Waals surface area contributed by atoms with Crippen molar-refractivity contribution in [1.29, 1.82) is 0 Å². The minimum atomic E-state index is 0.653. The highest BCUT2D eigenvalue weighted by Crippen LogP contribution is 2.07. The van der Waals surface area contributed by atoms with E-state index in [0.29, 0.717) is 12.1 Å². The van der Waals surface area contributed by atoms with E-state index in [1.54, 1.807) is 0 Å². The molecule has 0 aromatic carbocycles. The van der Waals surface area contributed by atoms with E-state index < -0.39 is 0 Å². The van der Waals surface area contributed by atoms with Crippen LogP contribution in [0.15, 0.2) is 12.7 Å². The highest BCUT2D eigenvalue weighted by molar-refractivity contribution is 4.81. The lowest BCUT2D eigenvalue weighted by molar-refractivity contribution is 0.145. The van der Waals surface area contributed by atoms with Crippen LogP contribution in [0, 0.1) is 0 Å². The Labute approximate surface area is 82.0 Å². The largest absolute Gasteiger partial charge is 0.311 e. The van der Waals surface area contributed by atoms with Crippen molar-refractivity contribution in [2.75, 3.05) is 19.6 Å². The van der Waals surface area contributed by atoms with Crippen LogP contribution in [-0.4, -0.2) is 36.6 Å². The molecule has 1 heterocycles. The molecule has 13 heavy (non-hydrogen) atoms. The van der Waals surface area contributed by atoms with Crippen molar-refractivity contribution in [1.82, 2.24) is 10.2 Å². The molecule has 0 aromatic rings. The van der Waals surface area contributed by atoms with Crippen molar-refractivity contribution in [3.05, 3.63) is 12.7 Å². The van der Waals surface area contributed by atoms with Crippen molar-refractivity contribution < 1.29 is 0 Å². The molecule has 0 spiro atoms. The Morgan fingerprint density at radius 1 is 1.54 bits per heavy atom. The Kier molecular flexibility index (Phi) is 4.46. The van der Waals surface area contributed by atoms with Gasteiger partial charge in [0, 0.05) is 25.2 Å². The van der Waals surface area contributed by atoms with E-state index in [9.17, 15) is 0 Å². The molecule has 1 aliphatic rings. The highest BCUT2D eigenvalue weighted by Gasteiger charge is 2.20. The number of hydrogen-bond acceptors (Lipinski definition) is 2. The smallest absolute Gasteiger partial charge is 0.0193 e. The maximum absolute atomic E-state index is 3.75. The number of allylic oxidation sites excluding steroid dienone is 1. The minimum absolute atomic E-state index is 0.653. The number of hydrogen-bond donors (Lipinski definition) is 1. The molecule has 2 unspecified atom stereocenters. The van der Waals surface area contributed by atoms with Crippen LogP contribution >= 0.6 is 0 Å². The van der Waals surface area contributed by atoms with Gasteiger partial charge in [-0.3, -0.25) is 4.90 Å². The molecule has 1 fully saturated rings. The summed E-state index contributed by atoms with van der Waals surface area (Å²) in [4.78, 5) is 2.57. The molecular formula is C11H22N2. The van der Waals surface area contributed by atoms with Crippen LogP contribution in [0.1, 0.15) is 26.7 Å². The summed E-state index contributed by atoms with van der Waals surface area (Å²) in [7, 11) is 0. The van der Waals surface area contributed by atoms with Gasteiger partial charge in [-0.15, -0.1) is 6.58 Å². The molecule has 1 N–H and O–H groups in total. The first-order valence-corrected chi connectivity index (χ1v) is 5.32. The average molecular weight is 182 g/mol. The third kappa shape index (κ3) is 3.49. The van der Waals surface area contributed by atoms with Crippen LogP contribution in [0.4, 0.5) is 0 Å². The Bertz CT molecular complexity index is 156. The minimum Gasteiger partial charge on any atom is -0.311 e. The summed E-state index contributed by atoms with van der Waals surface area (Å²) in [5.74, 6) is 0. The van der Waals surface area contributed by atoms with Gasteiger partial charge in [-0.2, -0.15) is 0 Å². The molecule has 1 rings (SSSR count). The van der Waals surface area contributed by atoms with E-state index in [1.807, 2.05) is 6.08 Å². The van der Waals surface area contributed by atoms with Crippen LogP contribution in [0.2, 0.25) is 0 Å². The van der Waals surface area contributed by atoms with Crippen LogP contribution in [0.5, 0.6) is 0 Å². The molecule has 0 aliphatic carbocycles. The number of rotatable bonds is 4. The van der Waals surface area contributed by atoms with Crippen molar-refractivity contribution >= 4 is 0 Å². The van der Waals surface area contributed by atoms with Gasteiger partial charge in [0.1, 0.15) is 0 Å². The molecule has 2 nitrogen and oxygen atoms in total. The third-order valence-corrected chi connectivity index (χ3v) is 2.75. The van der Waals surface area contributed by atoms with Gasteiger partial charge >= 0.3 is 0 Å². The summed E-state index contributed by atoms with van der Waals surface area (Å²) in [5.41, 5.74) is 0. The lowest BCUT2D eigenvalue weighted by atomic mass is 10.1. The van der Waals surface area contributed by atoms with E-state index in [0.717, 1.165) is 13.0 Å². The van der Waals surface area contributed by atoms with Gasteiger partial charge in [0.25, 0.3) is 0 Å². The number of nitrogens with one attached hydrogen (secondary N) is 1. The summed E-state index contributed by atoms with van der Waals surface area (Å²) in [5, 5.41) is 3.49. The average Bonchev–Trinajstić information content (AvgIpc) is 2.11. The number of nitrogens with zero attached hydrogens (tertiary/aromatic N) is 1. The maximum Gasteiger partial charge on any atom is 0.0193 e. The summed E-state index contributed by atoms with van der Waals surface area (Å²) >= 11 is 0. The normalized spacial score (nSPS) is 30.3. The van der Waals surface area contributed by atoms with Crippen LogP contribution in [-0.2, 0) is 0 Å². The van der Waals surface area contributed by atoms with Crippen molar-refractivity contribution in [2.24, 2.45) is 0 Å². The molecule has 2 heteroatoms. The standard InChI is InChI=1S/C11H22N2/c1-4-5-6-7-13-9-10(2)12-8-11(13)3/h4,10-12H,1,5-9H2,2-3H3. The first-order valence-electron chi connectivity index (χ1n) is 5.32. The molecule has 0 amide bonds. The Morgan fingerprint density at radius 3 is 3.00 bits per heavy atom. The van der Waals surface area contributed by atoms with Gasteiger partial charge in [0.15, 0.2) is 0 Å². The maximum atomic E-state index is 3.75. The summed E-state index contributed by atoms with van der Waals surface area (Å²) in [6.45, 7) is 11.8. The fourth-order valence-corrected chi connectivity index (χ4v) is 1.85. The van der Waals surface area contributed by atoms with Crippen molar-refractivity contribution in [3.8, 4) is 0 Å². The number of piperazine rings is 1. The zero-order valence-electron chi connectivity index (χ0n) is 8.92. The molecule has 0 bridgehead atoms. The van der Waals surface area contributed by atoms with Crippen LogP contribution in [0.3, 0.4) is 0 Å². The third-order valence-electron chi connectivity index (χ3n) is 2.75. The quantitative estimate of drug-likeness (QED) is 0.525. The SMILES string of the molecule is C=CCCCN1CC(C)NCC1C. The predicted octanol–water partition coefficient (Wildman–Crippen LogP) is 1.63. The molecule has 76 valence electrons. The Hall–Kier alpha value is -0.340. The second-order valence-electron chi connectivity index (χ2n) is 4.08. The van der Waals surface area contributed by atoms with E-state index in [2.05, 4.69) is 30.6 Å². The van der Waals surface area contributed by atoms with E-state index in [4.69, 9.17) is 0 Å². The summed E-state index contributed by atoms with van der Waals surface area (Å²) < 4.78 is 0. The lowest BCUT2D eigenvalue weighted by Crippen LogP contribution is -2.54. The predicted molar refractivity (Wildman–Crippen MR) is 57.9 cm³/mol. The molecule has 1 aliphatic heterocycles. The van der Waals surface area contributed by atoms with Crippen LogP contribution in [0.25, 0.3) is 0 Å². The van der Waals surface area contributed by atoms with E-state index in [1.165, 1.54) is 19.5 Å². The molecule has 2 atom stereocenters. The number of unbranched alkanes of at least 4 members (excludes halogenated alkanes) is 1. The fraction of sp³-hybridized carbons (Fsp3) is 0.818. The zero-order chi connectivity index (χ0) is 9.68. The van der Waals surface area contributed by atoms with Gasteiger partial charge in [0.2, 0.25) is 0 Å². The fourth-order valence-electron chi connectivity index (χ4n) is 1.85. The molecule has 0 saturated carbocycles. The monoisotopic (exact) mass is 182 g/mol. The molecule has 0 aromatic heterocycles. The summed E-state index contributed by atoms with van der Waals surface area (Å²) in [6, 6.07) is 1.35. The Morgan fingerprint density at radius 2 is 2.31 bits per heavy atom. The second-order valence-corrected chi connectivity index (χ2v) is 4.08. The van der Waals surface area contributed by atoms with Gasteiger partial charge in [-0.05, 0) is 33.2 Å². The van der Waals surface area contributed by atoms with Gasteiger partial charge < -0.3 is 5.32 Å².